The standard InChI is InChI=1S/C5H10N4S/c1-3-4-7-8-5(10-2)9(4)6/h3,6H2,1-2H3. The van der Waals surface area contributed by atoms with Gasteiger partial charge in [-0.1, -0.05) is 18.7 Å². The summed E-state index contributed by atoms with van der Waals surface area (Å²) in [6.07, 6.45) is 2.75. The Bertz CT molecular complexity index is 198. The van der Waals surface area contributed by atoms with E-state index in [4.69, 9.17) is 5.84 Å². The Kier molecular flexibility index (Phi) is 2.16. The van der Waals surface area contributed by atoms with Crippen LogP contribution in [-0.4, -0.2) is 21.1 Å². The van der Waals surface area contributed by atoms with Crippen LogP contribution >= 0.6 is 11.8 Å². The van der Waals surface area contributed by atoms with Crippen molar-refractivity contribution in [3.8, 4) is 0 Å². The molecule has 0 aliphatic carbocycles. The number of rotatable bonds is 2. The fourth-order valence-corrected chi connectivity index (χ4v) is 1.11. The number of aromatic nitrogens is 3. The van der Waals surface area contributed by atoms with Crippen LogP contribution in [-0.2, 0) is 6.42 Å². The van der Waals surface area contributed by atoms with Gasteiger partial charge in [0.25, 0.3) is 0 Å². The van der Waals surface area contributed by atoms with Gasteiger partial charge in [-0.15, -0.1) is 10.2 Å². The topological polar surface area (TPSA) is 56.7 Å². The van der Waals surface area contributed by atoms with E-state index in [-0.39, 0.29) is 0 Å². The number of nitrogens with two attached hydrogens (primary N) is 1. The van der Waals surface area contributed by atoms with Gasteiger partial charge >= 0.3 is 0 Å². The van der Waals surface area contributed by atoms with E-state index in [1.54, 1.807) is 0 Å². The molecule has 0 amide bonds. The van der Waals surface area contributed by atoms with Crippen molar-refractivity contribution in [2.75, 3.05) is 12.1 Å². The van der Waals surface area contributed by atoms with E-state index in [1.807, 2.05) is 13.2 Å². The Balaban J connectivity index is 2.97. The summed E-state index contributed by atoms with van der Waals surface area (Å²) in [7, 11) is 0. The Morgan fingerprint density at radius 3 is 2.60 bits per heavy atom. The summed E-state index contributed by atoms with van der Waals surface area (Å²) in [5, 5.41) is 8.49. The molecule has 5 heteroatoms. The van der Waals surface area contributed by atoms with E-state index in [0.29, 0.717) is 0 Å². The van der Waals surface area contributed by atoms with Gasteiger partial charge in [-0.3, -0.25) is 0 Å². The van der Waals surface area contributed by atoms with Gasteiger partial charge < -0.3 is 5.84 Å². The van der Waals surface area contributed by atoms with Crippen LogP contribution in [0.5, 0.6) is 0 Å². The van der Waals surface area contributed by atoms with Crippen molar-refractivity contribution in [2.24, 2.45) is 0 Å². The highest BCUT2D eigenvalue weighted by atomic mass is 32.2. The third-order valence-electron chi connectivity index (χ3n) is 1.23. The molecule has 0 aliphatic rings. The molecule has 56 valence electrons. The van der Waals surface area contributed by atoms with E-state index in [9.17, 15) is 0 Å². The summed E-state index contributed by atoms with van der Waals surface area (Å²) in [4.78, 5) is 0. The van der Waals surface area contributed by atoms with E-state index in [0.717, 1.165) is 17.4 Å². The number of aryl methyl sites for hydroxylation is 1. The highest BCUT2D eigenvalue weighted by molar-refractivity contribution is 7.98. The minimum Gasteiger partial charge on any atom is -0.336 e. The van der Waals surface area contributed by atoms with Gasteiger partial charge in [0.2, 0.25) is 5.16 Å². The van der Waals surface area contributed by atoms with Crippen LogP contribution in [0.2, 0.25) is 0 Å². The fourth-order valence-electron chi connectivity index (χ4n) is 0.687. The minimum absolute atomic E-state index is 0.761. The monoisotopic (exact) mass is 158 g/mol. The molecule has 1 aromatic heterocycles. The third kappa shape index (κ3) is 1.09. The zero-order chi connectivity index (χ0) is 7.56. The van der Waals surface area contributed by atoms with Gasteiger partial charge in [-0.2, -0.15) is 0 Å². The summed E-state index contributed by atoms with van der Waals surface area (Å²) in [5.74, 6) is 6.42. The van der Waals surface area contributed by atoms with Crippen molar-refractivity contribution in [3.63, 3.8) is 0 Å². The zero-order valence-electron chi connectivity index (χ0n) is 6.03. The lowest BCUT2D eigenvalue weighted by atomic mass is 10.5. The van der Waals surface area contributed by atoms with Gasteiger partial charge in [0.1, 0.15) is 0 Å². The molecule has 0 aliphatic heterocycles. The maximum Gasteiger partial charge on any atom is 0.209 e. The SMILES string of the molecule is CCc1nnc(SC)n1N. The maximum atomic E-state index is 5.60. The van der Waals surface area contributed by atoms with Gasteiger partial charge in [-0.05, 0) is 6.26 Å². The quantitative estimate of drug-likeness (QED) is 0.496. The van der Waals surface area contributed by atoms with Gasteiger partial charge in [0, 0.05) is 6.42 Å². The van der Waals surface area contributed by atoms with Gasteiger partial charge in [-0.25, -0.2) is 4.68 Å². The van der Waals surface area contributed by atoms with E-state index >= 15 is 0 Å². The Morgan fingerprint density at radius 1 is 1.60 bits per heavy atom. The first-order valence-electron chi connectivity index (χ1n) is 3.03. The lowest BCUT2D eigenvalue weighted by molar-refractivity contribution is 0.797. The minimum atomic E-state index is 0.761. The largest absolute Gasteiger partial charge is 0.336 e. The summed E-state index contributed by atoms with van der Waals surface area (Å²) in [5.41, 5.74) is 0. The Hall–Kier alpha value is -0.710. The van der Waals surface area contributed by atoms with E-state index in [2.05, 4.69) is 10.2 Å². The van der Waals surface area contributed by atoms with Crippen molar-refractivity contribution in [1.29, 1.82) is 0 Å². The number of nitrogen functional groups attached to an aromatic ring is 1. The number of hydrogen-bond donors (Lipinski definition) is 1. The molecule has 1 aromatic rings. The predicted molar refractivity (Wildman–Crippen MR) is 41.3 cm³/mol. The van der Waals surface area contributed by atoms with Crippen molar-refractivity contribution in [3.05, 3.63) is 5.82 Å². The summed E-state index contributed by atoms with van der Waals surface area (Å²) in [6.45, 7) is 2.00. The molecule has 0 unspecified atom stereocenters. The van der Waals surface area contributed by atoms with Crippen molar-refractivity contribution in [2.45, 2.75) is 18.5 Å². The van der Waals surface area contributed by atoms with Crippen molar-refractivity contribution in [1.82, 2.24) is 14.9 Å². The second-order valence-electron chi connectivity index (χ2n) is 1.83. The predicted octanol–water partition coefficient (Wildman–Crippen LogP) is 0.276. The first-order valence-corrected chi connectivity index (χ1v) is 4.25. The number of hydrogen-bond acceptors (Lipinski definition) is 4. The average molecular weight is 158 g/mol. The van der Waals surface area contributed by atoms with Crippen LogP contribution < -0.4 is 5.84 Å². The molecule has 1 heterocycles. The zero-order valence-corrected chi connectivity index (χ0v) is 6.85. The van der Waals surface area contributed by atoms with E-state index in [1.165, 1.54) is 16.4 Å². The number of nitrogens with zero attached hydrogens (tertiary/aromatic N) is 3. The summed E-state index contributed by atoms with van der Waals surface area (Å²) < 4.78 is 1.52. The third-order valence-corrected chi connectivity index (χ3v) is 1.88. The molecule has 10 heavy (non-hydrogen) atoms. The molecule has 0 fully saturated rings. The molecule has 0 bridgehead atoms. The fraction of sp³-hybridized carbons (Fsp3) is 0.600. The van der Waals surface area contributed by atoms with Crippen LogP contribution in [0.25, 0.3) is 0 Å². The molecule has 4 nitrogen and oxygen atoms in total. The molecule has 1 rings (SSSR count). The van der Waals surface area contributed by atoms with Gasteiger partial charge in [0.15, 0.2) is 5.82 Å². The van der Waals surface area contributed by atoms with Crippen LogP contribution in [0.4, 0.5) is 0 Å². The molecule has 0 saturated heterocycles. The van der Waals surface area contributed by atoms with E-state index < -0.39 is 0 Å². The number of thioether (sulfide) groups is 1. The molecule has 0 radical (unpaired) electrons. The molecule has 0 aromatic carbocycles. The summed E-state index contributed by atoms with van der Waals surface area (Å²) in [6, 6.07) is 0. The van der Waals surface area contributed by atoms with Crippen LogP contribution in [0.3, 0.4) is 0 Å². The van der Waals surface area contributed by atoms with Crippen molar-refractivity contribution < 1.29 is 0 Å². The average Bonchev–Trinajstić information content (AvgIpc) is 2.30. The highest BCUT2D eigenvalue weighted by Gasteiger charge is 2.04. The van der Waals surface area contributed by atoms with Gasteiger partial charge in [0.05, 0.1) is 0 Å². The second-order valence-corrected chi connectivity index (χ2v) is 2.60. The highest BCUT2D eigenvalue weighted by Crippen LogP contribution is 2.09. The maximum absolute atomic E-state index is 5.60. The smallest absolute Gasteiger partial charge is 0.209 e. The van der Waals surface area contributed by atoms with Crippen molar-refractivity contribution >= 4 is 11.8 Å². The molecule has 0 spiro atoms. The second kappa shape index (κ2) is 2.92. The Labute approximate surface area is 63.8 Å². The molecule has 0 saturated carbocycles. The normalized spacial score (nSPS) is 10.2. The molecular weight excluding hydrogens is 148 g/mol. The lowest BCUT2D eigenvalue weighted by Crippen LogP contribution is -2.12. The first-order chi connectivity index (χ1) is 4.79. The van der Waals surface area contributed by atoms with Crippen LogP contribution in [0, 0.1) is 0 Å². The Morgan fingerprint density at radius 2 is 2.30 bits per heavy atom. The molecule has 0 atom stereocenters. The molecule has 2 N–H and O–H groups in total. The summed E-state index contributed by atoms with van der Waals surface area (Å²) >= 11 is 1.50. The lowest BCUT2D eigenvalue weighted by Gasteiger charge is -1.96. The molecular formula is C5H10N4S. The van der Waals surface area contributed by atoms with Crippen LogP contribution in [0.15, 0.2) is 5.16 Å². The first kappa shape index (κ1) is 7.40. The van der Waals surface area contributed by atoms with Crippen LogP contribution in [0.1, 0.15) is 12.7 Å².